The van der Waals surface area contributed by atoms with Crippen LogP contribution in [0.25, 0.3) is 0 Å². The molecule has 0 saturated heterocycles. The molecule has 0 radical (unpaired) electrons. The molecule has 6 atom stereocenters. The lowest BCUT2D eigenvalue weighted by molar-refractivity contribution is 0.303. The van der Waals surface area contributed by atoms with Crippen LogP contribution >= 0.6 is 0 Å². The van der Waals surface area contributed by atoms with Crippen LogP contribution in [-0.2, 0) is 89.7 Å². The highest BCUT2D eigenvalue weighted by Crippen LogP contribution is 2.26. The molecule has 6 unspecified atom stereocenters. The van der Waals surface area contributed by atoms with Gasteiger partial charge in [0.05, 0.1) is 9.84 Å². The summed E-state index contributed by atoms with van der Waals surface area (Å²) in [5, 5.41) is 0. The van der Waals surface area contributed by atoms with Gasteiger partial charge in [0.1, 0.15) is 1.12 Å². The Morgan fingerprint density at radius 3 is 2.50 bits per heavy atom. The Hall–Kier alpha value is 2.30. The summed E-state index contributed by atoms with van der Waals surface area (Å²) in [5.41, 5.74) is 0. The van der Waals surface area contributed by atoms with Crippen LogP contribution in [0.2, 0.25) is 0 Å². The number of halogens is 1. The lowest BCUT2D eigenvalue weighted by atomic mass is 9.84. The third kappa shape index (κ3) is 10.1. The number of hydrogen-bond donors (Lipinski definition) is 1. The molecule has 0 fully saturated rings. The van der Waals surface area contributed by atoms with Crippen LogP contribution in [0.5, 0.6) is 0 Å². The molecule has 122 valence electrons. The molecule has 0 aromatic carbocycles. The van der Waals surface area contributed by atoms with Crippen LogP contribution in [-0.4, -0.2) is 24.6 Å². The molecule has 0 aliphatic carbocycles. The van der Waals surface area contributed by atoms with E-state index in [2.05, 4.69) is 20.1 Å². The molecule has 0 aromatic heterocycles. The molecule has 0 aromatic rings. The minimum absolute atomic E-state index is 0.198. The van der Waals surface area contributed by atoms with Crippen molar-refractivity contribution < 1.29 is 3.89 Å². The third-order valence-corrected chi connectivity index (χ3v) is 13.1. The lowest BCUT2D eigenvalue weighted by Crippen LogP contribution is -2.30. The Bertz CT molecular complexity index is 503. The van der Waals surface area contributed by atoms with Crippen molar-refractivity contribution in [2.24, 2.45) is 17.8 Å². The molecular weight excluding hydrogens is 428 g/mol. The summed E-state index contributed by atoms with van der Waals surface area (Å²) in [5.74, 6) is 3.28. The Balaban J connectivity index is 5.27. The Kier molecular flexibility index (Phi) is 13.9. The van der Waals surface area contributed by atoms with Gasteiger partial charge in [0.15, 0.2) is 0 Å². The molecule has 0 heterocycles. The van der Waals surface area contributed by atoms with Gasteiger partial charge < -0.3 is 0 Å². The first-order chi connectivity index (χ1) is 9.85. The Labute approximate surface area is 154 Å². The van der Waals surface area contributed by atoms with Gasteiger partial charge in [-0.05, 0) is 90.0 Å². The monoisotopic (exact) mass is 449 g/mol. The van der Waals surface area contributed by atoms with Crippen molar-refractivity contribution >= 4 is 89.7 Å². The number of thiol groups is 1. The van der Waals surface area contributed by atoms with Gasteiger partial charge in [-0.15, -0.1) is 19.7 Å². The van der Waals surface area contributed by atoms with E-state index < -0.39 is 20.1 Å². The number of rotatable bonds is 9. The van der Waals surface area contributed by atoms with E-state index in [0.717, 1.165) is 17.9 Å². The largest absolute Gasteiger partial charge is 0.162 e. The number of hydrogen-bond acceptors (Lipinski definition) is 3. The zero-order chi connectivity index (χ0) is 16.4. The average Bonchev–Trinajstić information content (AvgIpc) is 2.41. The summed E-state index contributed by atoms with van der Waals surface area (Å²) in [6.07, 6.45) is 3.12. The van der Waals surface area contributed by atoms with Crippen LogP contribution in [0, 0.1) is 17.8 Å². The molecule has 0 rings (SSSR count). The molecule has 0 bridgehead atoms. The topological polar surface area (TPSA) is 0 Å². The van der Waals surface area contributed by atoms with Crippen molar-refractivity contribution in [1.29, 1.82) is 1.12 Å². The van der Waals surface area contributed by atoms with Crippen molar-refractivity contribution in [3.05, 3.63) is 0 Å². The van der Waals surface area contributed by atoms with Gasteiger partial charge in [0.2, 0.25) is 0 Å². The molecule has 0 saturated carbocycles. The first kappa shape index (κ1) is 20.3. The van der Waals surface area contributed by atoms with Crippen molar-refractivity contribution in [3.8, 4) is 0 Å². The van der Waals surface area contributed by atoms with E-state index in [9.17, 15) is 3.89 Å². The predicted octanol–water partition coefficient (Wildman–Crippen LogP) is 2.21. The molecule has 0 aliphatic rings. The van der Waals surface area contributed by atoms with Crippen LogP contribution in [0.1, 0.15) is 20.3 Å². The van der Waals surface area contributed by atoms with Crippen molar-refractivity contribution in [1.82, 2.24) is 0 Å². The summed E-state index contributed by atoms with van der Waals surface area (Å²) in [4.78, 5) is 0. The van der Waals surface area contributed by atoms with E-state index in [1.807, 2.05) is 0 Å². The zero-order valence-corrected chi connectivity index (χ0v) is 19.0. The standard InChI is InChI=1S/C10H21FS9/c1-4-9(7-20(11)14)10(5-15-16-12)8(2)6-19(3)18-17-13/h8-10,15H,4-7H2,1-3H3/i15D. The maximum absolute atomic E-state index is 13.3. The smallest absolute Gasteiger partial charge is 0.108 e. The Morgan fingerprint density at radius 2 is 2.05 bits per heavy atom. The van der Waals surface area contributed by atoms with E-state index in [-0.39, 0.29) is 15.4 Å². The second-order valence-electron chi connectivity index (χ2n) is 4.49. The van der Waals surface area contributed by atoms with Crippen LogP contribution in [0.4, 0.5) is 3.89 Å². The first-order valence-electron chi connectivity index (χ1n) is 6.42. The second kappa shape index (κ2) is 13.7. The lowest BCUT2D eigenvalue weighted by Gasteiger charge is -2.30. The van der Waals surface area contributed by atoms with Gasteiger partial charge in [-0.1, -0.05) is 20.3 Å². The van der Waals surface area contributed by atoms with Gasteiger partial charge in [0, 0.05) is 11.5 Å². The molecule has 20 heavy (non-hydrogen) atoms. The summed E-state index contributed by atoms with van der Waals surface area (Å²) >= 11 is 14.7. The van der Waals surface area contributed by atoms with Gasteiger partial charge in [-0.25, -0.2) is 0 Å². The van der Waals surface area contributed by atoms with Gasteiger partial charge in [-0.3, -0.25) is 0 Å². The summed E-state index contributed by atoms with van der Waals surface area (Å²) < 4.78 is 21.3. The summed E-state index contributed by atoms with van der Waals surface area (Å²) in [7, 11) is 2.47. The molecule has 10 heteroatoms. The highest BCUT2D eigenvalue weighted by atomic mass is 33.2. The quantitative estimate of drug-likeness (QED) is 0.424. The van der Waals surface area contributed by atoms with Crippen molar-refractivity contribution in [2.45, 2.75) is 20.3 Å². The Morgan fingerprint density at radius 1 is 1.40 bits per heavy atom. The molecule has 0 aliphatic heterocycles. The zero-order valence-electron chi connectivity index (χ0n) is 12.6. The molecule has 0 N–H and O–H groups in total. The minimum Gasteiger partial charge on any atom is -0.162 e. The van der Waals surface area contributed by atoms with Gasteiger partial charge in [-0.2, -0.15) is 3.89 Å². The normalized spacial score (nSPS) is 20.9. The average molecular weight is 450 g/mol. The minimum atomic E-state index is -1.45. The van der Waals surface area contributed by atoms with E-state index in [1.165, 1.54) is 17.8 Å². The SMILES string of the molecule is [2H]S(CC(C(C)CS(C)=S=S=S)C(CC)CS(F)=S)=S=S. The predicted molar refractivity (Wildman–Crippen MR) is 116 cm³/mol. The van der Waals surface area contributed by atoms with E-state index >= 15 is 0 Å². The summed E-state index contributed by atoms with van der Waals surface area (Å²) in [6, 6.07) is 0. The highest BCUT2D eigenvalue weighted by molar-refractivity contribution is 8.58. The van der Waals surface area contributed by atoms with Gasteiger partial charge in [0.25, 0.3) is 0 Å². The van der Waals surface area contributed by atoms with E-state index in [1.54, 1.807) is 8.88 Å². The molecule has 0 amide bonds. The fraction of sp³-hybridized carbons (Fsp3) is 1.00. The second-order valence-corrected chi connectivity index (χ2v) is 16.3. The van der Waals surface area contributed by atoms with Crippen molar-refractivity contribution in [3.63, 3.8) is 0 Å². The summed E-state index contributed by atoms with van der Waals surface area (Å²) in [6.45, 7) is 4.31. The van der Waals surface area contributed by atoms with Gasteiger partial charge >= 0.3 is 0 Å². The molecule has 0 spiro atoms. The van der Waals surface area contributed by atoms with Crippen molar-refractivity contribution in [2.75, 3.05) is 23.5 Å². The molecular formula is C10H21FS9. The fourth-order valence-electron chi connectivity index (χ4n) is 2.15. The maximum atomic E-state index is 13.3. The third-order valence-electron chi connectivity index (χ3n) is 3.16. The fourth-order valence-corrected chi connectivity index (χ4v) is 11.6. The highest BCUT2D eigenvalue weighted by Gasteiger charge is 2.26. The van der Waals surface area contributed by atoms with Crippen LogP contribution < -0.4 is 0 Å². The van der Waals surface area contributed by atoms with E-state index in [0.29, 0.717) is 17.6 Å². The maximum Gasteiger partial charge on any atom is 0.108 e. The first-order valence-corrected chi connectivity index (χ1v) is 16.9. The van der Waals surface area contributed by atoms with Crippen LogP contribution in [0.3, 0.4) is 0 Å². The molecule has 0 nitrogen and oxygen atoms in total. The van der Waals surface area contributed by atoms with E-state index in [4.69, 9.17) is 34.7 Å². The van der Waals surface area contributed by atoms with Crippen LogP contribution in [0.15, 0.2) is 0 Å².